The van der Waals surface area contributed by atoms with Gasteiger partial charge in [-0.2, -0.15) is 4.39 Å². The first kappa shape index (κ1) is 20.6. The van der Waals surface area contributed by atoms with Gasteiger partial charge >= 0.3 is 0 Å². The number of unbranched alkanes of at least 4 members (excludes halogenated alkanes) is 1. The maximum atomic E-state index is 14.3. The summed E-state index contributed by atoms with van der Waals surface area (Å²) in [6, 6.07) is 19.0. The topological polar surface area (TPSA) is 9.23 Å². The quantitative estimate of drug-likeness (QED) is 0.333. The molecule has 148 valence electrons. The average molecular weight is 390 g/mol. The Hall–Kier alpha value is -3.12. The monoisotopic (exact) mass is 390 g/mol. The molecule has 0 radical (unpaired) electrons. The van der Waals surface area contributed by atoms with Crippen LogP contribution in [-0.2, 0) is 6.42 Å². The second-order valence-electron chi connectivity index (χ2n) is 6.82. The highest BCUT2D eigenvalue weighted by atomic mass is 19.2. The normalized spacial score (nSPS) is 10.3. The van der Waals surface area contributed by atoms with Crippen LogP contribution in [0.1, 0.15) is 43.4 Å². The molecule has 1 nitrogen and oxygen atoms in total. The van der Waals surface area contributed by atoms with E-state index < -0.39 is 11.6 Å². The molecule has 29 heavy (non-hydrogen) atoms. The molecule has 0 aliphatic carbocycles. The summed E-state index contributed by atoms with van der Waals surface area (Å²) < 4.78 is 33.7. The van der Waals surface area contributed by atoms with Gasteiger partial charge in [0.25, 0.3) is 0 Å². The van der Waals surface area contributed by atoms with Crippen molar-refractivity contribution in [3.05, 3.63) is 89.0 Å². The number of hydrogen-bond acceptors (Lipinski definition) is 1. The lowest BCUT2D eigenvalue weighted by molar-refractivity contribution is 0.288. The van der Waals surface area contributed by atoms with Crippen LogP contribution in [0.4, 0.5) is 8.78 Å². The lowest BCUT2D eigenvalue weighted by Crippen LogP contribution is -2.01. The summed E-state index contributed by atoms with van der Waals surface area (Å²) in [6.45, 7) is 4.50. The lowest BCUT2D eigenvalue weighted by atomic mass is 10.0. The van der Waals surface area contributed by atoms with Crippen molar-refractivity contribution < 1.29 is 13.5 Å². The van der Waals surface area contributed by atoms with E-state index in [0.717, 1.165) is 36.0 Å². The van der Waals surface area contributed by atoms with Crippen molar-refractivity contribution in [2.45, 2.75) is 33.1 Å². The number of benzene rings is 3. The molecule has 3 rings (SSSR count). The van der Waals surface area contributed by atoms with Gasteiger partial charge in [-0.05, 0) is 53.8 Å². The van der Waals surface area contributed by atoms with Crippen molar-refractivity contribution >= 4 is 0 Å². The molecule has 0 atom stereocenters. The minimum absolute atomic E-state index is 0.0181. The molecular weight excluding hydrogens is 366 g/mol. The van der Waals surface area contributed by atoms with Crippen molar-refractivity contribution in [3.8, 4) is 28.7 Å². The average Bonchev–Trinajstić information content (AvgIpc) is 2.77. The van der Waals surface area contributed by atoms with Crippen LogP contribution in [0, 0.1) is 23.5 Å². The third-order valence-electron chi connectivity index (χ3n) is 4.72. The highest BCUT2D eigenvalue weighted by molar-refractivity contribution is 5.64. The standard InChI is InChI=1S/C26H24F2O/c1-3-5-18-29-24-17-16-23(25(27)26(24)28)15-10-20-8-13-22(14-9-20)21-11-6-19(4-2)7-12-21/h6-9,11-14,16-17H,3-5,18H2,1-2H3. The molecule has 0 aromatic heterocycles. The van der Waals surface area contributed by atoms with Crippen molar-refractivity contribution in [3.63, 3.8) is 0 Å². The van der Waals surface area contributed by atoms with Gasteiger partial charge in [0.15, 0.2) is 11.6 Å². The minimum Gasteiger partial charge on any atom is -0.490 e. The predicted octanol–water partition coefficient (Wildman–Crippen LogP) is 6.77. The molecule has 0 spiro atoms. The molecule has 0 saturated carbocycles. The Morgan fingerprint density at radius 3 is 2.03 bits per heavy atom. The number of ether oxygens (including phenoxy) is 1. The SMILES string of the molecule is CCCCOc1ccc(C#Cc2ccc(-c3ccc(CC)cc3)cc2)c(F)c1F. The van der Waals surface area contributed by atoms with E-state index in [1.807, 2.05) is 31.2 Å². The van der Waals surface area contributed by atoms with Gasteiger partial charge in [0.2, 0.25) is 5.82 Å². The molecule has 0 heterocycles. The molecule has 0 amide bonds. The summed E-state index contributed by atoms with van der Waals surface area (Å²) in [6.07, 6.45) is 2.73. The van der Waals surface area contributed by atoms with E-state index in [4.69, 9.17) is 4.74 Å². The second-order valence-corrected chi connectivity index (χ2v) is 6.82. The molecule has 3 aromatic carbocycles. The third kappa shape index (κ3) is 5.23. The zero-order valence-corrected chi connectivity index (χ0v) is 16.8. The van der Waals surface area contributed by atoms with Crippen molar-refractivity contribution in [2.75, 3.05) is 6.61 Å². The first-order valence-electron chi connectivity index (χ1n) is 9.94. The number of halogens is 2. The van der Waals surface area contributed by atoms with Gasteiger partial charge in [-0.25, -0.2) is 4.39 Å². The molecule has 3 aromatic rings. The number of hydrogen-bond donors (Lipinski definition) is 0. The van der Waals surface area contributed by atoms with E-state index in [1.54, 1.807) is 0 Å². The third-order valence-corrected chi connectivity index (χ3v) is 4.72. The van der Waals surface area contributed by atoms with Crippen LogP contribution in [0.15, 0.2) is 60.7 Å². The molecule has 0 fully saturated rings. The van der Waals surface area contributed by atoms with Crippen LogP contribution in [0.5, 0.6) is 5.75 Å². The Balaban J connectivity index is 1.74. The van der Waals surface area contributed by atoms with E-state index in [0.29, 0.717) is 6.61 Å². The molecule has 0 unspecified atom stereocenters. The van der Waals surface area contributed by atoms with Crippen LogP contribution in [-0.4, -0.2) is 6.61 Å². The Bertz CT molecular complexity index is 1010. The summed E-state index contributed by atoms with van der Waals surface area (Å²) in [5, 5.41) is 0. The van der Waals surface area contributed by atoms with Crippen molar-refractivity contribution in [1.29, 1.82) is 0 Å². The van der Waals surface area contributed by atoms with E-state index in [-0.39, 0.29) is 11.3 Å². The van der Waals surface area contributed by atoms with E-state index >= 15 is 0 Å². The molecule has 3 heteroatoms. The summed E-state index contributed by atoms with van der Waals surface area (Å²) >= 11 is 0. The lowest BCUT2D eigenvalue weighted by Gasteiger charge is -2.07. The summed E-state index contributed by atoms with van der Waals surface area (Å²) in [4.78, 5) is 0. The van der Waals surface area contributed by atoms with Gasteiger partial charge in [0.05, 0.1) is 12.2 Å². The molecule has 0 N–H and O–H groups in total. The van der Waals surface area contributed by atoms with Crippen LogP contribution >= 0.6 is 0 Å². The van der Waals surface area contributed by atoms with Crippen LogP contribution < -0.4 is 4.74 Å². The maximum Gasteiger partial charge on any atom is 0.201 e. The zero-order chi connectivity index (χ0) is 20.6. The Labute approximate surface area is 171 Å². The van der Waals surface area contributed by atoms with Crippen LogP contribution in [0.25, 0.3) is 11.1 Å². The van der Waals surface area contributed by atoms with Gasteiger partial charge in [-0.15, -0.1) is 0 Å². The highest BCUT2D eigenvalue weighted by Gasteiger charge is 2.13. The largest absolute Gasteiger partial charge is 0.490 e. The fourth-order valence-electron chi connectivity index (χ4n) is 2.88. The first-order chi connectivity index (χ1) is 14.1. The first-order valence-corrected chi connectivity index (χ1v) is 9.94. The van der Waals surface area contributed by atoms with Crippen LogP contribution in [0.2, 0.25) is 0 Å². The second kappa shape index (κ2) is 9.89. The highest BCUT2D eigenvalue weighted by Crippen LogP contribution is 2.23. The predicted molar refractivity (Wildman–Crippen MR) is 114 cm³/mol. The molecule has 0 saturated heterocycles. The van der Waals surface area contributed by atoms with Gasteiger partial charge in [-0.3, -0.25) is 0 Å². The van der Waals surface area contributed by atoms with Gasteiger partial charge in [0.1, 0.15) is 0 Å². The Morgan fingerprint density at radius 2 is 1.41 bits per heavy atom. The summed E-state index contributed by atoms with van der Waals surface area (Å²) in [5.41, 5.74) is 4.27. The maximum absolute atomic E-state index is 14.3. The molecular formula is C26H24F2O. The number of aryl methyl sites for hydroxylation is 1. The van der Waals surface area contributed by atoms with E-state index in [2.05, 4.69) is 43.0 Å². The Morgan fingerprint density at radius 1 is 0.759 bits per heavy atom. The van der Waals surface area contributed by atoms with Crippen molar-refractivity contribution in [1.82, 2.24) is 0 Å². The molecule has 0 aliphatic heterocycles. The van der Waals surface area contributed by atoms with E-state index in [9.17, 15) is 8.78 Å². The minimum atomic E-state index is -0.987. The fourth-order valence-corrected chi connectivity index (χ4v) is 2.88. The number of rotatable bonds is 6. The molecule has 0 bridgehead atoms. The fraction of sp³-hybridized carbons (Fsp3) is 0.231. The van der Waals surface area contributed by atoms with Crippen molar-refractivity contribution in [2.24, 2.45) is 0 Å². The zero-order valence-electron chi connectivity index (χ0n) is 16.8. The molecule has 0 aliphatic rings. The smallest absolute Gasteiger partial charge is 0.201 e. The van der Waals surface area contributed by atoms with Crippen LogP contribution in [0.3, 0.4) is 0 Å². The van der Waals surface area contributed by atoms with E-state index in [1.165, 1.54) is 17.7 Å². The Kier molecular flexibility index (Phi) is 7.03. The summed E-state index contributed by atoms with van der Waals surface area (Å²) in [7, 11) is 0. The van der Waals surface area contributed by atoms with Gasteiger partial charge in [0, 0.05) is 5.56 Å². The summed E-state index contributed by atoms with van der Waals surface area (Å²) in [5.74, 6) is 3.59. The van der Waals surface area contributed by atoms with Gasteiger partial charge in [-0.1, -0.05) is 68.5 Å². The van der Waals surface area contributed by atoms with Gasteiger partial charge < -0.3 is 4.74 Å².